The lowest BCUT2D eigenvalue weighted by Crippen LogP contribution is -2.27. The van der Waals surface area contributed by atoms with E-state index in [1.54, 1.807) is 38.2 Å². The number of hydrogen-bond donors (Lipinski definition) is 1. The van der Waals surface area contributed by atoms with Crippen LogP contribution in [0.5, 0.6) is 0 Å². The summed E-state index contributed by atoms with van der Waals surface area (Å²) < 4.78 is 23.2. The first-order chi connectivity index (χ1) is 8.68. The molecule has 0 heterocycles. The number of sulfonamides is 1. The summed E-state index contributed by atoms with van der Waals surface area (Å²) in [5.41, 5.74) is 0.761. The molecule has 0 saturated heterocycles. The van der Waals surface area contributed by atoms with Crippen molar-refractivity contribution in [1.82, 2.24) is 4.90 Å². The Bertz CT molecular complexity index is 582. The van der Waals surface area contributed by atoms with Crippen LogP contribution in [0.2, 0.25) is 0 Å². The zero-order valence-corrected chi connectivity index (χ0v) is 12.4. The molecule has 0 saturated carbocycles. The highest BCUT2D eigenvalue weighted by molar-refractivity contribution is 7.89. The minimum Gasteiger partial charge on any atom is -0.377 e. The first-order valence-electron chi connectivity index (χ1n) is 5.78. The van der Waals surface area contributed by atoms with Crippen molar-refractivity contribution < 1.29 is 13.2 Å². The first kappa shape index (κ1) is 15.5. The van der Waals surface area contributed by atoms with E-state index < -0.39 is 10.0 Å². The van der Waals surface area contributed by atoms with E-state index in [2.05, 4.69) is 0 Å². The maximum Gasteiger partial charge on any atom is 0.253 e. The average Bonchev–Trinajstić information content (AvgIpc) is 2.35. The van der Waals surface area contributed by atoms with Crippen LogP contribution >= 0.6 is 0 Å². The molecule has 0 bridgehead atoms. The van der Waals surface area contributed by atoms with E-state index in [1.807, 2.05) is 6.92 Å². The molecule has 0 radical (unpaired) electrons. The Kier molecular flexibility index (Phi) is 4.54. The molecule has 0 spiro atoms. The molecule has 106 valence electrons. The van der Waals surface area contributed by atoms with Gasteiger partial charge < -0.3 is 9.80 Å². The summed E-state index contributed by atoms with van der Waals surface area (Å²) >= 11 is 0. The van der Waals surface area contributed by atoms with Crippen LogP contribution in [0, 0.1) is 0 Å². The summed E-state index contributed by atoms with van der Waals surface area (Å²) in [6.45, 7) is 2.38. The Morgan fingerprint density at radius 1 is 1.26 bits per heavy atom. The van der Waals surface area contributed by atoms with Crippen LogP contribution in [-0.2, 0) is 10.0 Å². The summed E-state index contributed by atoms with van der Waals surface area (Å²) in [7, 11) is 1.20. The fraction of sp³-hybridized carbons (Fsp3) is 0.417. The molecule has 6 nitrogen and oxygen atoms in total. The quantitative estimate of drug-likeness (QED) is 0.872. The third-order valence-electron chi connectivity index (χ3n) is 2.82. The van der Waals surface area contributed by atoms with Crippen LogP contribution < -0.4 is 10.0 Å². The predicted molar refractivity (Wildman–Crippen MR) is 74.8 cm³/mol. The highest BCUT2D eigenvalue weighted by Crippen LogP contribution is 2.24. The molecule has 0 aliphatic heterocycles. The second kappa shape index (κ2) is 5.58. The van der Waals surface area contributed by atoms with Gasteiger partial charge in [-0.15, -0.1) is 0 Å². The Labute approximate surface area is 113 Å². The van der Waals surface area contributed by atoms with Crippen molar-refractivity contribution >= 4 is 21.6 Å². The van der Waals surface area contributed by atoms with Crippen LogP contribution in [0.4, 0.5) is 5.69 Å². The number of nitrogens with two attached hydrogens (primary N) is 1. The molecule has 2 N–H and O–H groups in total. The number of carbonyl (C=O) groups excluding carboxylic acids is 1. The first-order valence-corrected chi connectivity index (χ1v) is 7.32. The second-order valence-corrected chi connectivity index (χ2v) is 5.97. The van der Waals surface area contributed by atoms with Crippen LogP contribution in [-0.4, -0.2) is 46.9 Å². The van der Waals surface area contributed by atoms with Gasteiger partial charge in [0.05, 0.1) is 5.69 Å². The minimum absolute atomic E-state index is 0.0483. The van der Waals surface area contributed by atoms with E-state index in [9.17, 15) is 13.2 Å². The Hall–Kier alpha value is -1.60. The van der Waals surface area contributed by atoms with Gasteiger partial charge in [0.2, 0.25) is 10.0 Å². The van der Waals surface area contributed by atoms with Crippen LogP contribution in [0.3, 0.4) is 0 Å². The SMILES string of the molecule is CCN(C)C(=O)c1ccc(N(C)C)c(S(N)(=O)=O)c1. The number of hydrogen-bond acceptors (Lipinski definition) is 4. The van der Waals surface area contributed by atoms with E-state index in [1.165, 1.54) is 11.0 Å². The van der Waals surface area contributed by atoms with Crippen LogP contribution in [0.25, 0.3) is 0 Å². The number of amides is 1. The summed E-state index contributed by atoms with van der Waals surface area (Å²) in [6, 6.07) is 4.49. The molecule has 0 aliphatic carbocycles. The summed E-state index contributed by atoms with van der Waals surface area (Å²) in [6.07, 6.45) is 0. The summed E-state index contributed by atoms with van der Waals surface area (Å²) in [5, 5.41) is 5.19. The van der Waals surface area contributed by atoms with Gasteiger partial charge in [0.1, 0.15) is 4.90 Å². The van der Waals surface area contributed by atoms with Gasteiger partial charge in [-0.1, -0.05) is 0 Å². The molecule has 0 unspecified atom stereocenters. The molecule has 1 amide bonds. The number of primary sulfonamides is 1. The monoisotopic (exact) mass is 285 g/mol. The highest BCUT2D eigenvalue weighted by Gasteiger charge is 2.19. The van der Waals surface area contributed by atoms with Gasteiger partial charge in [-0.3, -0.25) is 4.79 Å². The lowest BCUT2D eigenvalue weighted by Gasteiger charge is -2.19. The molecule has 1 aromatic carbocycles. The normalized spacial score (nSPS) is 11.2. The fourth-order valence-electron chi connectivity index (χ4n) is 1.61. The van der Waals surface area contributed by atoms with Gasteiger partial charge in [-0.25, -0.2) is 13.6 Å². The number of carbonyl (C=O) groups is 1. The molecule has 19 heavy (non-hydrogen) atoms. The number of benzene rings is 1. The fourth-order valence-corrected chi connectivity index (χ4v) is 2.44. The van der Waals surface area contributed by atoms with E-state index in [0.717, 1.165) is 0 Å². The van der Waals surface area contributed by atoms with E-state index in [-0.39, 0.29) is 10.8 Å². The second-order valence-electron chi connectivity index (χ2n) is 4.44. The van der Waals surface area contributed by atoms with Crippen LogP contribution in [0.15, 0.2) is 23.1 Å². The third kappa shape index (κ3) is 3.45. The average molecular weight is 285 g/mol. The van der Waals surface area contributed by atoms with Crippen LogP contribution in [0.1, 0.15) is 17.3 Å². The number of rotatable bonds is 4. The standard InChI is InChI=1S/C12H19N3O3S/c1-5-15(4)12(16)9-6-7-10(14(2)3)11(8-9)19(13,17)18/h6-8H,5H2,1-4H3,(H2,13,17,18). The molecule has 1 rings (SSSR count). The number of anilines is 1. The predicted octanol–water partition coefficient (Wildman–Crippen LogP) is 0.492. The van der Waals surface area contributed by atoms with Crippen molar-refractivity contribution in [2.24, 2.45) is 5.14 Å². The number of nitrogens with zero attached hydrogens (tertiary/aromatic N) is 2. The summed E-state index contributed by atoms with van der Waals surface area (Å²) in [4.78, 5) is 15.1. The minimum atomic E-state index is -3.88. The highest BCUT2D eigenvalue weighted by atomic mass is 32.2. The third-order valence-corrected chi connectivity index (χ3v) is 3.76. The van der Waals surface area contributed by atoms with Gasteiger partial charge in [0.25, 0.3) is 5.91 Å². The molecular weight excluding hydrogens is 266 g/mol. The Morgan fingerprint density at radius 3 is 2.26 bits per heavy atom. The molecule has 0 fully saturated rings. The Balaban J connectivity index is 3.39. The molecule has 1 aromatic rings. The van der Waals surface area contributed by atoms with Crippen molar-refractivity contribution in [3.8, 4) is 0 Å². The van der Waals surface area contributed by atoms with Crippen molar-refractivity contribution in [2.75, 3.05) is 32.6 Å². The van der Waals surface area contributed by atoms with Gasteiger partial charge in [0.15, 0.2) is 0 Å². The largest absolute Gasteiger partial charge is 0.377 e. The van der Waals surface area contributed by atoms with E-state index >= 15 is 0 Å². The molecule has 7 heteroatoms. The van der Waals surface area contributed by atoms with Gasteiger partial charge in [-0.2, -0.15) is 0 Å². The van der Waals surface area contributed by atoms with Gasteiger partial charge >= 0.3 is 0 Å². The van der Waals surface area contributed by atoms with Gasteiger partial charge in [0, 0.05) is 33.3 Å². The Morgan fingerprint density at radius 2 is 1.84 bits per heavy atom. The molecule has 0 aromatic heterocycles. The lowest BCUT2D eigenvalue weighted by molar-refractivity contribution is 0.0802. The zero-order valence-electron chi connectivity index (χ0n) is 11.5. The lowest BCUT2D eigenvalue weighted by atomic mass is 10.1. The molecular formula is C12H19N3O3S. The maximum atomic E-state index is 12.0. The summed E-state index contributed by atoms with van der Waals surface area (Å²) in [5.74, 6) is -0.238. The zero-order chi connectivity index (χ0) is 14.8. The van der Waals surface area contributed by atoms with Crippen molar-refractivity contribution in [3.63, 3.8) is 0 Å². The molecule has 0 aliphatic rings. The van der Waals surface area contributed by atoms with Gasteiger partial charge in [-0.05, 0) is 25.1 Å². The van der Waals surface area contributed by atoms with Crippen molar-refractivity contribution in [2.45, 2.75) is 11.8 Å². The topological polar surface area (TPSA) is 83.7 Å². The van der Waals surface area contributed by atoms with E-state index in [4.69, 9.17) is 5.14 Å². The smallest absolute Gasteiger partial charge is 0.253 e. The maximum absolute atomic E-state index is 12.0. The van der Waals surface area contributed by atoms with Crippen molar-refractivity contribution in [1.29, 1.82) is 0 Å². The van der Waals surface area contributed by atoms with E-state index in [0.29, 0.717) is 17.8 Å². The molecule has 0 atom stereocenters. The van der Waals surface area contributed by atoms with Crippen molar-refractivity contribution in [3.05, 3.63) is 23.8 Å².